The number of benzene rings is 1. The van der Waals surface area contributed by atoms with Crippen LogP contribution in [0.25, 0.3) is 0 Å². The van der Waals surface area contributed by atoms with E-state index in [2.05, 4.69) is 10.6 Å². The second-order valence-electron chi connectivity index (χ2n) is 2.20. The Bertz CT molecular complexity index is 341. The molecule has 0 heterocycles. The highest BCUT2D eigenvalue weighted by Gasteiger charge is 1.95. The molecule has 1 rings (SSSR count). The number of hydrogen-bond donors (Lipinski definition) is 2. The molecule has 13 heavy (non-hydrogen) atoms. The van der Waals surface area contributed by atoms with Gasteiger partial charge in [-0.1, -0.05) is 0 Å². The number of halogens is 1. The lowest BCUT2D eigenvalue weighted by atomic mass is 10.3. The number of rotatable bonds is 1. The van der Waals surface area contributed by atoms with Crippen LogP contribution in [0.5, 0.6) is 0 Å². The quantitative estimate of drug-likeness (QED) is 0.406. The van der Waals surface area contributed by atoms with Gasteiger partial charge in [0.1, 0.15) is 5.82 Å². The molecule has 0 aliphatic rings. The Labute approximate surface area is 80.2 Å². The highest BCUT2D eigenvalue weighted by molar-refractivity contribution is 7.80. The third-order valence-electron chi connectivity index (χ3n) is 1.27. The normalized spacial score (nSPS) is 8.62. The summed E-state index contributed by atoms with van der Waals surface area (Å²) < 4.78 is 12.4. The summed E-state index contributed by atoms with van der Waals surface area (Å²) in [5, 5.41) is 13.3. The van der Waals surface area contributed by atoms with Crippen LogP contribution < -0.4 is 10.6 Å². The number of anilines is 1. The van der Waals surface area contributed by atoms with Gasteiger partial charge in [-0.25, -0.2) is 4.39 Å². The Hall–Kier alpha value is -1.67. The van der Waals surface area contributed by atoms with Gasteiger partial charge in [-0.3, -0.25) is 5.32 Å². The lowest BCUT2D eigenvalue weighted by Crippen LogP contribution is -2.23. The molecular weight excluding hydrogens is 189 g/mol. The van der Waals surface area contributed by atoms with Gasteiger partial charge in [0.05, 0.1) is 0 Å². The third-order valence-corrected chi connectivity index (χ3v) is 1.48. The molecule has 2 N–H and O–H groups in total. The van der Waals surface area contributed by atoms with Crippen LogP contribution >= 0.6 is 12.2 Å². The summed E-state index contributed by atoms with van der Waals surface area (Å²) in [6.07, 6.45) is 1.67. The molecule has 0 amide bonds. The third kappa shape index (κ3) is 3.05. The first kappa shape index (κ1) is 9.42. The summed E-state index contributed by atoms with van der Waals surface area (Å²) in [6.45, 7) is 0. The van der Waals surface area contributed by atoms with Crippen molar-refractivity contribution in [2.75, 3.05) is 5.32 Å². The van der Waals surface area contributed by atoms with E-state index in [4.69, 9.17) is 17.5 Å². The Morgan fingerprint density at radius 3 is 2.54 bits per heavy atom. The molecule has 0 radical (unpaired) electrons. The van der Waals surface area contributed by atoms with Crippen molar-refractivity contribution in [2.45, 2.75) is 0 Å². The maximum Gasteiger partial charge on any atom is 0.184 e. The van der Waals surface area contributed by atoms with Gasteiger partial charge in [0.2, 0.25) is 0 Å². The van der Waals surface area contributed by atoms with Gasteiger partial charge in [0, 0.05) is 5.69 Å². The molecule has 0 aromatic heterocycles. The van der Waals surface area contributed by atoms with Crippen LogP contribution in [0, 0.1) is 17.3 Å². The van der Waals surface area contributed by atoms with Crippen LogP contribution in [-0.2, 0) is 0 Å². The zero-order valence-corrected chi connectivity index (χ0v) is 7.36. The fourth-order valence-corrected chi connectivity index (χ4v) is 0.910. The monoisotopic (exact) mass is 195 g/mol. The molecular formula is C8H6FN3S. The molecule has 0 aliphatic carbocycles. The van der Waals surface area contributed by atoms with E-state index in [0.29, 0.717) is 5.69 Å². The second kappa shape index (κ2) is 4.38. The fourth-order valence-electron chi connectivity index (χ4n) is 0.746. The van der Waals surface area contributed by atoms with Gasteiger partial charge in [-0.2, -0.15) is 5.26 Å². The van der Waals surface area contributed by atoms with E-state index in [0.717, 1.165) is 0 Å². The van der Waals surface area contributed by atoms with E-state index in [9.17, 15) is 4.39 Å². The summed E-state index contributed by atoms with van der Waals surface area (Å²) in [4.78, 5) is 0. The number of nitrogens with zero attached hydrogens (tertiary/aromatic N) is 1. The predicted octanol–water partition coefficient (Wildman–Crippen LogP) is 1.59. The van der Waals surface area contributed by atoms with E-state index in [1.54, 1.807) is 6.19 Å². The number of nitriles is 1. The van der Waals surface area contributed by atoms with E-state index in [1.165, 1.54) is 24.3 Å². The summed E-state index contributed by atoms with van der Waals surface area (Å²) in [7, 11) is 0. The van der Waals surface area contributed by atoms with Crippen LogP contribution in [0.2, 0.25) is 0 Å². The highest BCUT2D eigenvalue weighted by atomic mass is 32.1. The first-order valence-electron chi connectivity index (χ1n) is 3.44. The zero-order chi connectivity index (χ0) is 9.68. The van der Waals surface area contributed by atoms with E-state index in [-0.39, 0.29) is 10.9 Å². The molecule has 66 valence electrons. The van der Waals surface area contributed by atoms with Crippen molar-refractivity contribution in [3.8, 4) is 6.19 Å². The number of hydrogen-bond acceptors (Lipinski definition) is 2. The smallest absolute Gasteiger partial charge is 0.184 e. The van der Waals surface area contributed by atoms with Gasteiger partial charge < -0.3 is 5.32 Å². The van der Waals surface area contributed by atoms with Crippen molar-refractivity contribution in [2.24, 2.45) is 0 Å². The summed E-state index contributed by atoms with van der Waals surface area (Å²) in [6, 6.07) is 5.66. The van der Waals surface area contributed by atoms with Crippen LogP contribution in [-0.4, -0.2) is 5.11 Å². The molecule has 0 spiro atoms. The molecule has 0 saturated heterocycles. The fraction of sp³-hybridized carbons (Fsp3) is 0. The highest BCUT2D eigenvalue weighted by Crippen LogP contribution is 2.07. The molecule has 5 heteroatoms. The Morgan fingerprint density at radius 2 is 2.00 bits per heavy atom. The van der Waals surface area contributed by atoms with Gasteiger partial charge >= 0.3 is 0 Å². The van der Waals surface area contributed by atoms with Crippen LogP contribution in [0.1, 0.15) is 0 Å². The Kier molecular flexibility index (Phi) is 3.17. The van der Waals surface area contributed by atoms with Crippen LogP contribution in [0.3, 0.4) is 0 Å². The lowest BCUT2D eigenvalue weighted by molar-refractivity contribution is 0.628. The van der Waals surface area contributed by atoms with E-state index < -0.39 is 0 Å². The van der Waals surface area contributed by atoms with Crippen molar-refractivity contribution in [3.05, 3.63) is 30.1 Å². The largest absolute Gasteiger partial charge is 0.332 e. The topological polar surface area (TPSA) is 47.9 Å². The van der Waals surface area contributed by atoms with Crippen molar-refractivity contribution >= 4 is 23.0 Å². The molecule has 1 aromatic carbocycles. The molecule has 3 nitrogen and oxygen atoms in total. The van der Waals surface area contributed by atoms with Gasteiger partial charge in [0.15, 0.2) is 11.3 Å². The minimum absolute atomic E-state index is 0.189. The van der Waals surface area contributed by atoms with Crippen LogP contribution in [0.4, 0.5) is 10.1 Å². The van der Waals surface area contributed by atoms with E-state index >= 15 is 0 Å². The minimum atomic E-state index is -0.315. The number of nitrogens with one attached hydrogen (secondary N) is 2. The van der Waals surface area contributed by atoms with E-state index in [1.807, 2.05) is 0 Å². The maximum atomic E-state index is 12.4. The zero-order valence-electron chi connectivity index (χ0n) is 6.54. The first-order valence-corrected chi connectivity index (χ1v) is 3.85. The predicted molar refractivity (Wildman–Crippen MR) is 51.4 cm³/mol. The molecule has 0 unspecified atom stereocenters. The van der Waals surface area contributed by atoms with Gasteiger partial charge in [-0.05, 0) is 36.5 Å². The van der Waals surface area contributed by atoms with Crippen molar-refractivity contribution in [1.29, 1.82) is 5.26 Å². The van der Waals surface area contributed by atoms with Crippen LogP contribution in [0.15, 0.2) is 24.3 Å². The van der Waals surface area contributed by atoms with Crippen molar-refractivity contribution in [1.82, 2.24) is 5.32 Å². The molecule has 0 saturated carbocycles. The summed E-state index contributed by atoms with van der Waals surface area (Å²) in [5.74, 6) is -0.315. The summed E-state index contributed by atoms with van der Waals surface area (Å²) >= 11 is 4.73. The molecule has 0 bridgehead atoms. The Morgan fingerprint density at radius 1 is 1.38 bits per heavy atom. The average Bonchev–Trinajstić information content (AvgIpc) is 2.09. The molecule has 1 aromatic rings. The summed E-state index contributed by atoms with van der Waals surface area (Å²) in [5.41, 5.74) is 0.633. The SMILES string of the molecule is N#CNC(=S)Nc1ccc(F)cc1. The first-order chi connectivity index (χ1) is 6.22. The lowest BCUT2D eigenvalue weighted by Gasteiger charge is -2.04. The molecule has 0 aliphatic heterocycles. The van der Waals surface area contributed by atoms with Crippen molar-refractivity contribution < 1.29 is 4.39 Å². The molecule has 0 fully saturated rings. The molecule has 0 atom stereocenters. The standard InChI is InChI=1S/C8H6FN3S/c9-6-1-3-7(4-2-6)12-8(13)11-5-10/h1-4H,(H2,11,12,13). The average molecular weight is 195 g/mol. The maximum absolute atomic E-state index is 12.4. The number of thiocarbonyl (C=S) groups is 1. The minimum Gasteiger partial charge on any atom is -0.332 e. The second-order valence-corrected chi connectivity index (χ2v) is 2.61. The van der Waals surface area contributed by atoms with Gasteiger partial charge in [-0.15, -0.1) is 0 Å². The van der Waals surface area contributed by atoms with Gasteiger partial charge in [0.25, 0.3) is 0 Å². The Balaban J connectivity index is 2.60. The van der Waals surface area contributed by atoms with Crippen molar-refractivity contribution in [3.63, 3.8) is 0 Å².